The highest BCUT2D eigenvalue weighted by atomic mass is 14.5. The maximum atomic E-state index is 4.26. The first kappa shape index (κ1) is 11.3. The maximum absolute atomic E-state index is 4.26. The predicted octanol–water partition coefficient (Wildman–Crippen LogP) is 4.89. The summed E-state index contributed by atoms with van der Waals surface area (Å²) in [4.78, 5) is 0. The molecule has 3 aliphatic rings. The van der Waals surface area contributed by atoms with Crippen LogP contribution < -0.4 is 0 Å². The number of allylic oxidation sites excluding steroid dienone is 4. The van der Waals surface area contributed by atoms with Gasteiger partial charge in [-0.2, -0.15) is 0 Å². The van der Waals surface area contributed by atoms with Gasteiger partial charge in [0, 0.05) is 5.92 Å². The van der Waals surface area contributed by atoms with Crippen molar-refractivity contribution in [1.29, 1.82) is 0 Å². The van der Waals surface area contributed by atoms with Gasteiger partial charge in [-0.25, -0.2) is 0 Å². The zero-order valence-corrected chi connectivity index (χ0v) is 11.3. The smallest absolute Gasteiger partial charge is 0.00493 e. The first-order valence-corrected chi connectivity index (χ1v) is 7.10. The molecule has 0 spiro atoms. The molecule has 0 heterocycles. The van der Waals surface area contributed by atoms with Gasteiger partial charge in [0.05, 0.1) is 0 Å². The first-order chi connectivity index (χ1) is 8.01. The molecule has 92 valence electrons. The van der Waals surface area contributed by atoms with Gasteiger partial charge in [-0.1, -0.05) is 50.6 Å². The fraction of sp³-hybridized carbons (Fsp3) is 0.647. The van der Waals surface area contributed by atoms with Crippen LogP contribution in [0.4, 0.5) is 0 Å². The molecule has 4 atom stereocenters. The molecule has 1 unspecified atom stereocenters. The lowest BCUT2D eigenvalue weighted by atomic mass is 9.58. The molecule has 2 saturated carbocycles. The molecule has 2 fully saturated rings. The third-order valence-electron chi connectivity index (χ3n) is 5.54. The number of fused-ring (bicyclic) bond motifs is 2. The number of rotatable bonds is 0. The molecule has 0 N–H and O–H groups in total. The molecule has 0 aliphatic heterocycles. The molecule has 17 heavy (non-hydrogen) atoms. The van der Waals surface area contributed by atoms with Crippen LogP contribution in [0.2, 0.25) is 0 Å². The minimum atomic E-state index is 0.490. The lowest BCUT2D eigenvalue weighted by Crippen LogP contribution is -2.35. The quantitative estimate of drug-likeness (QED) is 0.518. The normalized spacial score (nSPS) is 45.3. The minimum absolute atomic E-state index is 0.490. The Balaban J connectivity index is 2.01. The van der Waals surface area contributed by atoms with Crippen molar-refractivity contribution < 1.29 is 0 Å². The minimum Gasteiger partial charge on any atom is -0.0955 e. The van der Waals surface area contributed by atoms with E-state index in [0.29, 0.717) is 11.3 Å². The van der Waals surface area contributed by atoms with Gasteiger partial charge in [0.2, 0.25) is 0 Å². The van der Waals surface area contributed by atoms with Gasteiger partial charge in [-0.15, -0.1) is 0 Å². The maximum Gasteiger partial charge on any atom is 0.00493 e. The Kier molecular flexibility index (Phi) is 2.40. The second-order valence-corrected chi connectivity index (χ2v) is 6.80. The van der Waals surface area contributed by atoms with Crippen LogP contribution in [0.5, 0.6) is 0 Å². The van der Waals surface area contributed by atoms with E-state index in [2.05, 4.69) is 33.1 Å². The Morgan fingerprint density at radius 2 is 2.12 bits per heavy atom. The van der Waals surface area contributed by atoms with Crippen LogP contribution in [0, 0.1) is 23.2 Å². The summed E-state index contributed by atoms with van der Waals surface area (Å²) < 4.78 is 0. The van der Waals surface area contributed by atoms with Crippen molar-refractivity contribution in [2.24, 2.45) is 23.2 Å². The van der Waals surface area contributed by atoms with Crippen LogP contribution in [0.25, 0.3) is 0 Å². The Labute approximate surface area is 105 Å². The molecule has 0 aromatic rings. The highest BCUT2D eigenvalue weighted by Gasteiger charge is 2.45. The van der Waals surface area contributed by atoms with Gasteiger partial charge < -0.3 is 0 Å². The predicted molar refractivity (Wildman–Crippen MR) is 73.7 cm³/mol. The summed E-state index contributed by atoms with van der Waals surface area (Å²) >= 11 is 0. The molecule has 3 aliphatic carbocycles. The van der Waals surface area contributed by atoms with Crippen molar-refractivity contribution in [3.63, 3.8) is 0 Å². The molecule has 0 heteroatoms. The van der Waals surface area contributed by atoms with Crippen LogP contribution in [-0.2, 0) is 0 Å². The van der Waals surface area contributed by atoms with Crippen molar-refractivity contribution in [2.75, 3.05) is 0 Å². The second kappa shape index (κ2) is 3.60. The molecular weight excluding hydrogens is 204 g/mol. The molecular formula is C17H24. The summed E-state index contributed by atoms with van der Waals surface area (Å²) in [7, 11) is 0. The van der Waals surface area contributed by atoms with E-state index in [1.807, 2.05) is 0 Å². The molecule has 0 aromatic heterocycles. The SMILES string of the molecule is C=C1C[C@@H]2C[C@@]3(C)CCC[C@H](C)C3=CC2C1=C. The summed E-state index contributed by atoms with van der Waals surface area (Å²) in [6.07, 6.45) is 9.33. The molecule has 3 rings (SSSR count). The highest BCUT2D eigenvalue weighted by Crippen LogP contribution is 2.57. The van der Waals surface area contributed by atoms with Gasteiger partial charge in [0.1, 0.15) is 0 Å². The van der Waals surface area contributed by atoms with E-state index in [1.54, 1.807) is 5.57 Å². The van der Waals surface area contributed by atoms with E-state index in [4.69, 9.17) is 0 Å². The largest absolute Gasteiger partial charge is 0.0955 e. The standard InChI is InChI=1S/C17H24/c1-11-6-5-7-17(4)10-14-8-12(2)13(3)15(14)9-16(11)17/h9,11,14-15H,2-3,5-8,10H2,1,4H3/t11-,14+,15?,17+/m0/s1. The first-order valence-electron chi connectivity index (χ1n) is 7.10. The Morgan fingerprint density at radius 3 is 2.88 bits per heavy atom. The van der Waals surface area contributed by atoms with Gasteiger partial charge in [-0.05, 0) is 48.5 Å². The van der Waals surface area contributed by atoms with Crippen molar-refractivity contribution >= 4 is 0 Å². The topological polar surface area (TPSA) is 0 Å². The van der Waals surface area contributed by atoms with Crippen molar-refractivity contribution in [3.8, 4) is 0 Å². The van der Waals surface area contributed by atoms with E-state index in [9.17, 15) is 0 Å². The van der Waals surface area contributed by atoms with Crippen LogP contribution in [-0.4, -0.2) is 0 Å². The van der Waals surface area contributed by atoms with Crippen LogP contribution in [0.15, 0.2) is 36.0 Å². The fourth-order valence-corrected chi connectivity index (χ4v) is 4.58. The molecule has 0 bridgehead atoms. The van der Waals surface area contributed by atoms with Crippen LogP contribution in [0.1, 0.15) is 46.0 Å². The second-order valence-electron chi connectivity index (χ2n) is 6.80. The summed E-state index contributed by atoms with van der Waals surface area (Å²) in [5.41, 5.74) is 4.86. The van der Waals surface area contributed by atoms with E-state index >= 15 is 0 Å². The fourth-order valence-electron chi connectivity index (χ4n) is 4.58. The third kappa shape index (κ3) is 1.57. The molecule has 0 radical (unpaired) electrons. The van der Waals surface area contributed by atoms with Gasteiger partial charge in [0.25, 0.3) is 0 Å². The zero-order valence-electron chi connectivity index (χ0n) is 11.3. The van der Waals surface area contributed by atoms with Crippen molar-refractivity contribution in [1.82, 2.24) is 0 Å². The van der Waals surface area contributed by atoms with Crippen LogP contribution in [0.3, 0.4) is 0 Å². The van der Waals surface area contributed by atoms with E-state index in [-0.39, 0.29) is 0 Å². The molecule has 0 nitrogen and oxygen atoms in total. The third-order valence-corrected chi connectivity index (χ3v) is 5.54. The van der Waals surface area contributed by atoms with Gasteiger partial charge >= 0.3 is 0 Å². The Bertz CT molecular complexity index is 412. The summed E-state index contributed by atoms with van der Waals surface area (Å²) in [6.45, 7) is 13.4. The van der Waals surface area contributed by atoms with Crippen molar-refractivity contribution in [3.05, 3.63) is 36.0 Å². The Morgan fingerprint density at radius 1 is 1.35 bits per heavy atom. The molecule has 0 saturated heterocycles. The van der Waals surface area contributed by atoms with Crippen LogP contribution >= 0.6 is 0 Å². The number of hydrogen-bond donors (Lipinski definition) is 0. The van der Waals surface area contributed by atoms with Crippen molar-refractivity contribution in [2.45, 2.75) is 46.0 Å². The summed E-state index contributed by atoms with van der Waals surface area (Å²) in [5.74, 6) is 2.21. The van der Waals surface area contributed by atoms with Gasteiger partial charge in [-0.3, -0.25) is 0 Å². The molecule has 0 aromatic carbocycles. The van der Waals surface area contributed by atoms with E-state index in [0.717, 1.165) is 11.8 Å². The summed E-state index contributed by atoms with van der Waals surface area (Å²) in [5, 5.41) is 0. The lowest BCUT2D eigenvalue weighted by Gasteiger charge is -2.46. The number of hydrogen-bond acceptors (Lipinski definition) is 0. The zero-order chi connectivity index (χ0) is 12.2. The average Bonchev–Trinajstić information content (AvgIpc) is 2.52. The Hall–Kier alpha value is -0.780. The van der Waals surface area contributed by atoms with Gasteiger partial charge in [0.15, 0.2) is 0 Å². The van der Waals surface area contributed by atoms with E-state index in [1.165, 1.54) is 43.3 Å². The lowest BCUT2D eigenvalue weighted by molar-refractivity contribution is 0.179. The highest BCUT2D eigenvalue weighted by molar-refractivity contribution is 5.41. The summed E-state index contributed by atoms with van der Waals surface area (Å²) in [6, 6.07) is 0. The average molecular weight is 228 g/mol. The monoisotopic (exact) mass is 228 g/mol. The van der Waals surface area contributed by atoms with E-state index < -0.39 is 0 Å². The molecule has 0 amide bonds.